The van der Waals surface area contributed by atoms with Gasteiger partial charge in [0, 0.05) is 62.1 Å². The number of carbonyl (C=O) groups excluding carboxylic acids is 2. The van der Waals surface area contributed by atoms with Crippen molar-refractivity contribution in [2.75, 3.05) is 32.0 Å². The molecule has 7 rings (SSSR count). The molecule has 0 unspecified atom stereocenters. The lowest BCUT2D eigenvalue weighted by atomic mass is 10.0. The first-order valence-electron chi connectivity index (χ1n) is 14.5. The first kappa shape index (κ1) is 28.1. The molecule has 1 saturated heterocycles. The number of carbonyl (C=O) groups is 2. The van der Waals surface area contributed by atoms with E-state index in [1.807, 2.05) is 25.2 Å². The number of nitrogens with zero attached hydrogens (tertiary/aromatic N) is 4. The van der Waals surface area contributed by atoms with Crippen LogP contribution in [0.5, 0.6) is 0 Å². The zero-order chi connectivity index (χ0) is 29.8. The van der Waals surface area contributed by atoms with Crippen LogP contribution in [0, 0.1) is 6.92 Å². The monoisotopic (exact) mass is 573 g/mol. The molecule has 5 aromatic rings. The summed E-state index contributed by atoms with van der Waals surface area (Å²) in [6, 6.07) is 25.0. The van der Waals surface area contributed by atoms with Crippen molar-refractivity contribution in [1.82, 2.24) is 30.1 Å². The average Bonchev–Trinajstić information content (AvgIpc) is 3.66. The molecule has 0 radical (unpaired) electrons. The molecule has 2 aliphatic rings. The highest BCUT2D eigenvalue weighted by molar-refractivity contribution is 5.95. The molecular weight excluding hydrogens is 538 g/mol. The Morgan fingerprint density at radius 2 is 1.72 bits per heavy atom. The Kier molecular flexibility index (Phi) is 8.15. The third-order valence-electron chi connectivity index (χ3n) is 8.09. The van der Waals surface area contributed by atoms with Crippen molar-refractivity contribution >= 4 is 29.0 Å². The number of aromatic amines is 1. The summed E-state index contributed by atoms with van der Waals surface area (Å²) in [4.78, 5) is 38.5. The molecule has 9 heteroatoms. The zero-order valence-corrected chi connectivity index (χ0v) is 24.4. The second-order valence-corrected chi connectivity index (χ2v) is 10.9. The van der Waals surface area contributed by atoms with E-state index in [0.29, 0.717) is 13.1 Å². The van der Waals surface area contributed by atoms with E-state index in [0.717, 1.165) is 77.4 Å². The van der Waals surface area contributed by atoms with Crippen LogP contribution in [-0.2, 0) is 29.2 Å². The van der Waals surface area contributed by atoms with Crippen molar-refractivity contribution in [1.29, 1.82) is 0 Å². The maximum absolute atomic E-state index is 11.6. The predicted molar refractivity (Wildman–Crippen MR) is 169 cm³/mol. The van der Waals surface area contributed by atoms with Gasteiger partial charge in [-0.15, -0.1) is 0 Å². The average molecular weight is 574 g/mol. The van der Waals surface area contributed by atoms with E-state index in [2.05, 4.69) is 92.0 Å². The van der Waals surface area contributed by atoms with E-state index in [1.165, 1.54) is 16.7 Å². The number of hydrogen-bond donors (Lipinski definition) is 3. The molecule has 3 aromatic carbocycles. The Labute approximate surface area is 251 Å². The van der Waals surface area contributed by atoms with Gasteiger partial charge >= 0.3 is 0 Å². The number of hydrogen-bond acceptors (Lipinski definition) is 6. The molecule has 0 bridgehead atoms. The Bertz CT molecular complexity index is 1740. The molecule has 2 amide bonds. The van der Waals surface area contributed by atoms with Gasteiger partial charge in [0.25, 0.3) is 0 Å². The fraction of sp³-hybridized carbons (Fsp3) is 0.235. The number of amides is 2. The summed E-state index contributed by atoms with van der Waals surface area (Å²) in [7, 11) is 1.93. The van der Waals surface area contributed by atoms with Gasteiger partial charge in [0.05, 0.1) is 12.2 Å². The summed E-state index contributed by atoms with van der Waals surface area (Å²) in [5, 5.41) is 7.11. The van der Waals surface area contributed by atoms with Crippen molar-refractivity contribution in [2.24, 2.45) is 0 Å². The van der Waals surface area contributed by atoms with Crippen LogP contribution >= 0.6 is 0 Å². The van der Waals surface area contributed by atoms with Crippen LogP contribution in [0.1, 0.15) is 22.3 Å². The number of aromatic nitrogens is 3. The van der Waals surface area contributed by atoms with Gasteiger partial charge in [-0.1, -0.05) is 60.7 Å². The third kappa shape index (κ3) is 6.12. The van der Waals surface area contributed by atoms with Crippen LogP contribution in [0.2, 0.25) is 0 Å². The first-order valence-corrected chi connectivity index (χ1v) is 14.5. The van der Waals surface area contributed by atoms with Gasteiger partial charge < -0.3 is 20.5 Å². The molecule has 2 aliphatic heterocycles. The number of anilines is 1. The summed E-state index contributed by atoms with van der Waals surface area (Å²) in [5.41, 5.74) is 10.9. The third-order valence-corrected chi connectivity index (χ3v) is 8.09. The normalized spacial score (nSPS) is 14.6. The van der Waals surface area contributed by atoms with Crippen LogP contribution in [0.25, 0.3) is 33.5 Å². The Balaban J connectivity index is 0.000000250. The van der Waals surface area contributed by atoms with E-state index in [1.54, 1.807) is 11.2 Å². The van der Waals surface area contributed by atoms with E-state index < -0.39 is 0 Å². The Hall–Kier alpha value is -5.02. The predicted octanol–water partition coefficient (Wildman–Crippen LogP) is 4.73. The fourth-order valence-electron chi connectivity index (χ4n) is 5.78. The standard InChI is InChI=1S/C25H26N6O.C9H9NO/c1-16-19(4-3-5-21(16)26-2)24-20-12-22(30-25(20)29-15-28-24)18-8-6-17(7-9-18)13-31-11-10-27-23(32)14-31;11-7-10-5-8-3-1-2-4-9(8)6-10/h3-9,12,15,26H,10-11,13-14H2,1-2H3,(H,27,32)(H,28,29,30);1-4,7H,5-6H2. The molecule has 1 fully saturated rings. The number of rotatable bonds is 6. The van der Waals surface area contributed by atoms with Gasteiger partial charge in [-0.05, 0) is 46.9 Å². The van der Waals surface area contributed by atoms with E-state index >= 15 is 0 Å². The van der Waals surface area contributed by atoms with Crippen LogP contribution in [-0.4, -0.2) is 63.8 Å². The second-order valence-electron chi connectivity index (χ2n) is 10.9. The highest BCUT2D eigenvalue weighted by Gasteiger charge is 2.17. The summed E-state index contributed by atoms with van der Waals surface area (Å²) in [6.07, 6.45) is 2.52. The minimum atomic E-state index is 0.0957. The van der Waals surface area contributed by atoms with Crippen molar-refractivity contribution in [3.8, 4) is 22.5 Å². The van der Waals surface area contributed by atoms with Gasteiger partial charge in [-0.2, -0.15) is 0 Å². The van der Waals surface area contributed by atoms with Crippen LogP contribution in [0.3, 0.4) is 0 Å². The lowest BCUT2D eigenvalue weighted by Crippen LogP contribution is -2.47. The molecule has 2 aromatic heterocycles. The minimum Gasteiger partial charge on any atom is -0.388 e. The van der Waals surface area contributed by atoms with Gasteiger partial charge in [-0.3, -0.25) is 14.5 Å². The molecule has 218 valence electrons. The van der Waals surface area contributed by atoms with E-state index in [-0.39, 0.29) is 5.91 Å². The van der Waals surface area contributed by atoms with Gasteiger partial charge in [0.1, 0.15) is 12.0 Å². The molecule has 9 nitrogen and oxygen atoms in total. The van der Waals surface area contributed by atoms with Crippen LogP contribution in [0.15, 0.2) is 79.1 Å². The smallest absolute Gasteiger partial charge is 0.234 e. The SMILES string of the molecule is CNc1cccc(-c2ncnc3[nH]c(-c4ccc(CN5CCNC(=O)C5)cc4)cc23)c1C.O=CN1Cc2ccccc2C1. The van der Waals surface area contributed by atoms with E-state index in [4.69, 9.17) is 0 Å². The van der Waals surface area contributed by atoms with Crippen molar-refractivity contribution in [2.45, 2.75) is 26.6 Å². The number of fused-ring (bicyclic) bond motifs is 2. The van der Waals surface area contributed by atoms with Gasteiger partial charge in [0.15, 0.2) is 0 Å². The molecule has 0 spiro atoms. The Morgan fingerprint density at radius 3 is 2.42 bits per heavy atom. The molecule has 0 saturated carbocycles. The molecular formula is C34H35N7O2. The highest BCUT2D eigenvalue weighted by Crippen LogP contribution is 2.33. The molecule has 3 N–H and O–H groups in total. The molecule has 0 aliphatic carbocycles. The lowest BCUT2D eigenvalue weighted by Gasteiger charge is -2.26. The number of benzene rings is 3. The minimum absolute atomic E-state index is 0.0957. The first-order chi connectivity index (χ1) is 21.0. The van der Waals surface area contributed by atoms with Crippen LogP contribution < -0.4 is 10.6 Å². The lowest BCUT2D eigenvalue weighted by molar-refractivity contribution is -0.124. The van der Waals surface area contributed by atoms with Crippen molar-refractivity contribution in [3.05, 3.63) is 101 Å². The summed E-state index contributed by atoms with van der Waals surface area (Å²) in [6.45, 7) is 6.49. The van der Waals surface area contributed by atoms with Gasteiger partial charge in [-0.25, -0.2) is 9.97 Å². The molecule has 0 atom stereocenters. The van der Waals surface area contributed by atoms with Crippen LogP contribution in [0.4, 0.5) is 5.69 Å². The number of piperazine rings is 1. The van der Waals surface area contributed by atoms with Crippen molar-refractivity contribution < 1.29 is 9.59 Å². The van der Waals surface area contributed by atoms with Crippen molar-refractivity contribution in [3.63, 3.8) is 0 Å². The summed E-state index contributed by atoms with van der Waals surface area (Å²) >= 11 is 0. The summed E-state index contributed by atoms with van der Waals surface area (Å²) < 4.78 is 0. The highest BCUT2D eigenvalue weighted by atomic mass is 16.2. The quantitative estimate of drug-likeness (QED) is 0.254. The molecule has 4 heterocycles. The fourth-order valence-corrected chi connectivity index (χ4v) is 5.78. The second kappa shape index (κ2) is 12.5. The van der Waals surface area contributed by atoms with E-state index in [9.17, 15) is 9.59 Å². The van der Waals surface area contributed by atoms with Gasteiger partial charge in [0.2, 0.25) is 12.3 Å². The molecule has 43 heavy (non-hydrogen) atoms. The Morgan fingerprint density at radius 1 is 0.953 bits per heavy atom. The summed E-state index contributed by atoms with van der Waals surface area (Å²) in [5.74, 6) is 0.0957. The number of nitrogens with one attached hydrogen (secondary N) is 3. The topological polar surface area (TPSA) is 106 Å². The zero-order valence-electron chi connectivity index (χ0n) is 24.4. The maximum atomic E-state index is 11.6. The maximum Gasteiger partial charge on any atom is 0.234 e. The largest absolute Gasteiger partial charge is 0.388 e. The number of H-pyrrole nitrogens is 1.